The third kappa shape index (κ3) is 3.52. The summed E-state index contributed by atoms with van der Waals surface area (Å²) in [6.45, 7) is 12.1. The van der Waals surface area contributed by atoms with E-state index in [9.17, 15) is 0 Å². The molecule has 0 aliphatic rings. The molecular weight excluding hydrogens is 204 g/mol. The second kappa shape index (κ2) is 5.73. The molecule has 0 rings (SSSR count). The number of hydrogen-bond donors (Lipinski definition) is 0. The third-order valence-electron chi connectivity index (χ3n) is 3.42. The van der Waals surface area contributed by atoms with E-state index in [0.29, 0.717) is 0 Å². The van der Waals surface area contributed by atoms with Crippen molar-refractivity contribution in [3.05, 3.63) is 0 Å². The van der Waals surface area contributed by atoms with Gasteiger partial charge in [0.2, 0.25) is 0 Å². The van der Waals surface area contributed by atoms with E-state index in [4.69, 9.17) is 9.47 Å². The van der Waals surface area contributed by atoms with Gasteiger partial charge in [0.25, 0.3) is 0 Å². The molecule has 0 heterocycles. The molecule has 0 saturated carbocycles. The third-order valence-corrected chi connectivity index (χ3v) is 3.42. The normalized spacial score (nSPS) is 20.4. The highest BCUT2D eigenvalue weighted by Crippen LogP contribution is 2.28. The number of methoxy groups -OCH3 is 2. The van der Waals surface area contributed by atoms with Crippen LogP contribution in [0.2, 0.25) is 0 Å². The first-order valence-corrected chi connectivity index (χ1v) is 5.76. The van der Waals surface area contributed by atoms with Crippen LogP contribution in [-0.4, -0.2) is 25.7 Å². The SMILES string of the molecule is COC(C)(N=NC(C)(OC)C(C)C)C(C)C. The van der Waals surface area contributed by atoms with Crippen molar-refractivity contribution in [3.8, 4) is 0 Å². The first-order valence-electron chi connectivity index (χ1n) is 5.76. The molecule has 0 aromatic rings. The predicted molar refractivity (Wildman–Crippen MR) is 65.4 cm³/mol. The fraction of sp³-hybridized carbons (Fsp3) is 1.00. The molecule has 0 aliphatic carbocycles. The topological polar surface area (TPSA) is 43.2 Å². The molecule has 0 fully saturated rings. The summed E-state index contributed by atoms with van der Waals surface area (Å²) in [5.74, 6) is 0.518. The Kier molecular flexibility index (Phi) is 5.56. The van der Waals surface area contributed by atoms with E-state index in [2.05, 4.69) is 37.9 Å². The number of nitrogens with zero attached hydrogens (tertiary/aromatic N) is 2. The smallest absolute Gasteiger partial charge is 0.178 e. The van der Waals surface area contributed by atoms with Gasteiger partial charge in [-0.15, -0.1) is 0 Å². The number of hydrogen-bond acceptors (Lipinski definition) is 4. The summed E-state index contributed by atoms with van der Waals surface area (Å²) in [4.78, 5) is 0. The van der Waals surface area contributed by atoms with Crippen LogP contribution in [0.3, 0.4) is 0 Å². The van der Waals surface area contributed by atoms with Crippen molar-refractivity contribution in [2.24, 2.45) is 22.1 Å². The van der Waals surface area contributed by atoms with Crippen molar-refractivity contribution in [1.29, 1.82) is 0 Å². The molecule has 0 aliphatic heterocycles. The number of ether oxygens (including phenoxy) is 2. The van der Waals surface area contributed by atoms with E-state index >= 15 is 0 Å². The van der Waals surface area contributed by atoms with Crippen LogP contribution >= 0.6 is 0 Å². The molecule has 0 radical (unpaired) electrons. The Morgan fingerprint density at radius 2 is 1.00 bits per heavy atom. The average molecular weight is 230 g/mol. The van der Waals surface area contributed by atoms with Gasteiger partial charge in [-0.2, -0.15) is 10.2 Å². The maximum absolute atomic E-state index is 5.40. The van der Waals surface area contributed by atoms with Gasteiger partial charge in [0, 0.05) is 26.1 Å². The molecule has 0 N–H and O–H groups in total. The van der Waals surface area contributed by atoms with Crippen LogP contribution in [0.1, 0.15) is 41.5 Å². The minimum Gasteiger partial charge on any atom is -0.355 e. The van der Waals surface area contributed by atoms with E-state index in [1.54, 1.807) is 14.2 Å². The molecule has 0 bridgehead atoms. The Balaban J connectivity index is 4.92. The molecule has 0 aromatic carbocycles. The Morgan fingerprint density at radius 1 is 0.750 bits per heavy atom. The Morgan fingerprint density at radius 3 is 1.12 bits per heavy atom. The second-order valence-corrected chi connectivity index (χ2v) is 5.03. The van der Waals surface area contributed by atoms with E-state index in [1.165, 1.54) is 0 Å². The Bertz CT molecular complexity index is 217. The van der Waals surface area contributed by atoms with E-state index < -0.39 is 11.4 Å². The molecular formula is C12H26N2O2. The molecule has 0 saturated heterocycles. The Hall–Kier alpha value is -0.480. The largest absolute Gasteiger partial charge is 0.355 e. The van der Waals surface area contributed by atoms with Gasteiger partial charge in [-0.25, -0.2) is 0 Å². The lowest BCUT2D eigenvalue weighted by Gasteiger charge is -2.31. The van der Waals surface area contributed by atoms with E-state index in [-0.39, 0.29) is 11.8 Å². The summed E-state index contributed by atoms with van der Waals surface area (Å²) in [5.41, 5.74) is -1.18. The van der Waals surface area contributed by atoms with E-state index in [1.807, 2.05) is 13.8 Å². The van der Waals surface area contributed by atoms with Crippen molar-refractivity contribution in [2.75, 3.05) is 14.2 Å². The number of rotatable bonds is 6. The molecule has 0 spiro atoms. The fourth-order valence-electron chi connectivity index (χ4n) is 0.983. The van der Waals surface area contributed by atoms with Crippen LogP contribution < -0.4 is 0 Å². The van der Waals surface area contributed by atoms with Crippen LogP contribution in [0.25, 0.3) is 0 Å². The lowest BCUT2D eigenvalue weighted by molar-refractivity contribution is -0.0620. The minimum atomic E-state index is -0.589. The summed E-state index contributed by atoms with van der Waals surface area (Å²) >= 11 is 0. The summed E-state index contributed by atoms with van der Waals surface area (Å²) in [6.07, 6.45) is 0. The van der Waals surface area contributed by atoms with Gasteiger partial charge in [-0.05, 0) is 13.8 Å². The van der Waals surface area contributed by atoms with Crippen molar-refractivity contribution in [2.45, 2.75) is 53.0 Å². The van der Waals surface area contributed by atoms with Gasteiger partial charge >= 0.3 is 0 Å². The lowest BCUT2D eigenvalue weighted by atomic mass is 10.0. The van der Waals surface area contributed by atoms with Gasteiger partial charge in [0.15, 0.2) is 11.4 Å². The molecule has 96 valence electrons. The van der Waals surface area contributed by atoms with Crippen LogP contribution in [0.4, 0.5) is 0 Å². The first-order chi connectivity index (χ1) is 7.22. The predicted octanol–water partition coefficient (Wildman–Crippen LogP) is 3.48. The van der Waals surface area contributed by atoms with E-state index in [0.717, 1.165) is 0 Å². The highest BCUT2D eigenvalue weighted by atomic mass is 16.5. The van der Waals surface area contributed by atoms with Crippen LogP contribution in [-0.2, 0) is 9.47 Å². The molecule has 16 heavy (non-hydrogen) atoms. The lowest BCUT2D eigenvalue weighted by Crippen LogP contribution is -2.35. The van der Waals surface area contributed by atoms with Gasteiger partial charge < -0.3 is 9.47 Å². The fourth-order valence-corrected chi connectivity index (χ4v) is 0.983. The molecule has 0 amide bonds. The average Bonchev–Trinajstić information content (AvgIpc) is 2.24. The van der Waals surface area contributed by atoms with Crippen molar-refractivity contribution in [1.82, 2.24) is 0 Å². The first kappa shape index (κ1) is 15.5. The monoisotopic (exact) mass is 230 g/mol. The van der Waals surface area contributed by atoms with Gasteiger partial charge in [-0.3, -0.25) is 0 Å². The highest BCUT2D eigenvalue weighted by molar-refractivity contribution is 4.79. The van der Waals surface area contributed by atoms with Gasteiger partial charge in [-0.1, -0.05) is 27.7 Å². The Labute approximate surface area is 99.4 Å². The van der Waals surface area contributed by atoms with Gasteiger partial charge in [0.05, 0.1) is 0 Å². The maximum atomic E-state index is 5.40. The van der Waals surface area contributed by atoms with Crippen molar-refractivity contribution in [3.63, 3.8) is 0 Å². The highest BCUT2D eigenvalue weighted by Gasteiger charge is 2.32. The summed E-state index contributed by atoms with van der Waals surface area (Å²) in [7, 11) is 3.30. The molecule has 2 atom stereocenters. The zero-order chi connectivity index (χ0) is 13.0. The minimum absolute atomic E-state index is 0.259. The quantitative estimate of drug-likeness (QED) is 0.656. The maximum Gasteiger partial charge on any atom is 0.178 e. The van der Waals surface area contributed by atoms with Gasteiger partial charge in [0.1, 0.15) is 0 Å². The molecule has 2 unspecified atom stereocenters. The zero-order valence-corrected chi connectivity index (χ0v) is 11.9. The standard InChI is InChI=1S/C12H26N2O2/c1-9(2)11(5,15-7)13-14-12(6,16-8)10(3)4/h9-10H,1-8H3. The second-order valence-electron chi connectivity index (χ2n) is 5.03. The summed E-state index contributed by atoms with van der Waals surface area (Å²) in [5, 5.41) is 8.63. The zero-order valence-electron chi connectivity index (χ0n) is 11.9. The molecule has 4 nitrogen and oxygen atoms in total. The molecule has 0 aromatic heterocycles. The van der Waals surface area contributed by atoms with Crippen LogP contribution in [0.5, 0.6) is 0 Å². The molecule has 4 heteroatoms. The van der Waals surface area contributed by atoms with Crippen molar-refractivity contribution < 1.29 is 9.47 Å². The summed E-state index contributed by atoms with van der Waals surface area (Å²) < 4.78 is 10.8. The van der Waals surface area contributed by atoms with Crippen LogP contribution in [0.15, 0.2) is 10.2 Å². The summed E-state index contributed by atoms with van der Waals surface area (Å²) in [6, 6.07) is 0. The van der Waals surface area contributed by atoms with Crippen LogP contribution in [0, 0.1) is 11.8 Å². The number of azo groups is 1. The van der Waals surface area contributed by atoms with Crippen molar-refractivity contribution >= 4 is 0 Å².